The summed E-state index contributed by atoms with van der Waals surface area (Å²) >= 11 is 0. The molecule has 1 amide bonds. The molecule has 1 rings (SSSR count). The molecule has 0 aliphatic rings. The summed E-state index contributed by atoms with van der Waals surface area (Å²) in [6.07, 6.45) is -3.60. The molecule has 0 bridgehead atoms. The van der Waals surface area contributed by atoms with Gasteiger partial charge in [-0.1, -0.05) is 20.3 Å². The highest BCUT2D eigenvalue weighted by Gasteiger charge is 2.28. The number of ether oxygens (including phenoxy) is 1. The van der Waals surface area contributed by atoms with Gasteiger partial charge in [0.2, 0.25) is 5.91 Å². The topological polar surface area (TPSA) is 64.4 Å². The van der Waals surface area contributed by atoms with Crippen LogP contribution in [0, 0.1) is 5.92 Å². The molecule has 0 heterocycles. The Morgan fingerprint density at radius 1 is 1.33 bits per heavy atom. The van der Waals surface area contributed by atoms with E-state index in [-0.39, 0.29) is 17.6 Å². The van der Waals surface area contributed by atoms with Crippen molar-refractivity contribution in [3.63, 3.8) is 0 Å². The first kappa shape index (κ1) is 17.3. The smallest absolute Gasteiger partial charge is 0.422 e. The van der Waals surface area contributed by atoms with Crippen LogP contribution in [0.15, 0.2) is 24.3 Å². The second kappa shape index (κ2) is 7.31. The van der Waals surface area contributed by atoms with Crippen molar-refractivity contribution in [2.75, 3.05) is 11.9 Å². The van der Waals surface area contributed by atoms with Gasteiger partial charge in [0.25, 0.3) is 0 Å². The average Bonchev–Trinajstić information content (AvgIpc) is 2.44. The van der Waals surface area contributed by atoms with Crippen LogP contribution in [-0.4, -0.2) is 24.7 Å². The van der Waals surface area contributed by atoms with Crippen molar-refractivity contribution >= 4 is 11.6 Å². The van der Waals surface area contributed by atoms with Crippen LogP contribution in [0.1, 0.15) is 20.3 Å². The number of amides is 1. The third-order valence-electron chi connectivity index (χ3n) is 3.08. The van der Waals surface area contributed by atoms with Crippen LogP contribution in [0.5, 0.6) is 5.75 Å². The van der Waals surface area contributed by atoms with E-state index in [1.807, 2.05) is 13.8 Å². The number of nitrogens with one attached hydrogen (secondary N) is 1. The Balaban J connectivity index is 2.56. The van der Waals surface area contributed by atoms with Crippen molar-refractivity contribution in [3.8, 4) is 5.75 Å². The summed E-state index contributed by atoms with van der Waals surface area (Å²) in [4.78, 5) is 11.8. The zero-order valence-corrected chi connectivity index (χ0v) is 11.9. The lowest BCUT2D eigenvalue weighted by Gasteiger charge is -2.17. The third kappa shape index (κ3) is 6.03. The third-order valence-corrected chi connectivity index (χ3v) is 3.08. The van der Waals surface area contributed by atoms with Gasteiger partial charge < -0.3 is 15.8 Å². The number of alkyl halides is 3. The number of anilines is 1. The summed E-state index contributed by atoms with van der Waals surface area (Å²) in [6.45, 7) is 2.46. The molecule has 0 saturated carbocycles. The van der Waals surface area contributed by atoms with Gasteiger partial charge >= 0.3 is 6.18 Å². The minimum atomic E-state index is -4.38. The molecule has 4 nitrogen and oxygen atoms in total. The fourth-order valence-electron chi connectivity index (χ4n) is 1.54. The monoisotopic (exact) mass is 304 g/mol. The first-order valence-electron chi connectivity index (χ1n) is 6.59. The van der Waals surface area contributed by atoms with Gasteiger partial charge in [-0.25, -0.2) is 0 Å². The van der Waals surface area contributed by atoms with E-state index in [0.717, 1.165) is 6.42 Å². The fourth-order valence-corrected chi connectivity index (χ4v) is 1.54. The van der Waals surface area contributed by atoms with Gasteiger partial charge in [-0.3, -0.25) is 4.79 Å². The van der Waals surface area contributed by atoms with E-state index >= 15 is 0 Å². The Morgan fingerprint density at radius 2 is 1.90 bits per heavy atom. The molecule has 2 atom stereocenters. The Labute approximate surface area is 121 Å². The number of hydrogen-bond acceptors (Lipinski definition) is 3. The lowest BCUT2D eigenvalue weighted by atomic mass is 9.99. The molecule has 2 unspecified atom stereocenters. The van der Waals surface area contributed by atoms with Gasteiger partial charge in [-0.05, 0) is 30.2 Å². The van der Waals surface area contributed by atoms with Crippen LogP contribution >= 0.6 is 0 Å². The summed E-state index contributed by atoms with van der Waals surface area (Å²) in [5.41, 5.74) is 6.24. The summed E-state index contributed by atoms with van der Waals surface area (Å²) in [5, 5.41) is 2.61. The summed E-state index contributed by atoms with van der Waals surface area (Å²) in [5.74, 6) is -0.204. The lowest BCUT2D eigenvalue weighted by Crippen LogP contribution is -2.40. The second-order valence-corrected chi connectivity index (χ2v) is 4.83. The van der Waals surface area contributed by atoms with Gasteiger partial charge in [0.05, 0.1) is 6.04 Å². The molecule has 21 heavy (non-hydrogen) atoms. The van der Waals surface area contributed by atoms with Crippen LogP contribution in [0.25, 0.3) is 0 Å². The molecular formula is C14H19F3N2O2. The zero-order valence-electron chi connectivity index (χ0n) is 11.9. The molecule has 0 spiro atoms. The van der Waals surface area contributed by atoms with Gasteiger partial charge in [-0.15, -0.1) is 0 Å². The second-order valence-electron chi connectivity index (χ2n) is 4.83. The number of hydrogen-bond donors (Lipinski definition) is 2. The predicted octanol–water partition coefficient (Wildman–Crippen LogP) is 2.94. The van der Waals surface area contributed by atoms with Gasteiger partial charge in [0.15, 0.2) is 6.61 Å². The molecule has 0 aliphatic carbocycles. The number of carbonyl (C=O) groups is 1. The molecular weight excluding hydrogens is 285 g/mol. The Morgan fingerprint density at radius 3 is 2.38 bits per heavy atom. The first-order chi connectivity index (χ1) is 9.73. The predicted molar refractivity (Wildman–Crippen MR) is 74.1 cm³/mol. The van der Waals surface area contributed by atoms with Crippen LogP contribution in [0.2, 0.25) is 0 Å². The average molecular weight is 304 g/mol. The van der Waals surface area contributed by atoms with Crippen molar-refractivity contribution < 1.29 is 22.7 Å². The molecule has 3 N–H and O–H groups in total. The van der Waals surface area contributed by atoms with E-state index in [1.54, 1.807) is 0 Å². The van der Waals surface area contributed by atoms with Crippen molar-refractivity contribution in [3.05, 3.63) is 24.3 Å². The van der Waals surface area contributed by atoms with E-state index in [1.165, 1.54) is 24.3 Å². The largest absolute Gasteiger partial charge is 0.484 e. The van der Waals surface area contributed by atoms with Crippen LogP contribution in [0.3, 0.4) is 0 Å². The van der Waals surface area contributed by atoms with E-state index < -0.39 is 18.8 Å². The zero-order chi connectivity index (χ0) is 16.0. The van der Waals surface area contributed by atoms with Crippen LogP contribution in [0.4, 0.5) is 18.9 Å². The lowest BCUT2D eigenvalue weighted by molar-refractivity contribution is -0.153. The summed E-state index contributed by atoms with van der Waals surface area (Å²) in [7, 11) is 0. The van der Waals surface area contributed by atoms with Crippen molar-refractivity contribution in [2.24, 2.45) is 11.7 Å². The minimum Gasteiger partial charge on any atom is -0.484 e. The van der Waals surface area contributed by atoms with E-state index in [2.05, 4.69) is 10.1 Å². The molecule has 0 fully saturated rings. The maximum Gasteiger partial charge on any atom is 0.422 e. The highest BCUT2D eigenvalue weighted by Crippen LogP contribution is 2.20. The Kier molecular flexibility index (Phi) is 6.02. The number of benzene rings is 1. The normalized spacial score (nSPS) is 14.4. The molecule has 1 aromatic carbocycles. The molecule has 7 heteroatoms. The van der Waals surface area contributed by atoms with Crippen molar-refractivity contribution in [2.45, 2.75) is 32.5 Å². The maximum absolute atomic E-state index is 12.0. The Bertz CT molecular complexity index is 460. The molecule has 0 radical (unpaired) electrons. The fraction of sp³-hybridized carbons (Fsp3) is 0.500. The molecule has 0 aliphatic heterocycles. The van der Waals surface area contributed by atoms with E-state index in [4.69, 9.17) is 5.73 Å². The number of rotatable bonds is 6. The van der Waals surface area contributed by atoms with Gasteiger partial charge in [0.1, 0.15) is 5.75 Å². The summed E-state index contributed by atoms with van der Waals surface area (Å²) in [6, 6.07) is 5.02. The number of halogens is 3. The van der Waals surface area contributed by atoms with Crippen LogP contribution in [-0.2, 0) is 4.79 Å². The number of nitrogens with two attached hydrogens (primary N) is 1. The van der Waals surface area contributed by atoms with Gasteiger partial charge in [0, 0.05) is 5.69 Å². The van der Waals surface area contributed by atoms with E-state index in [9.17, 15) is 18.0 Å². The highest BCUT2D eigenvalue weighted by molar-refractivity contribution is 5.94. The minimum absolute atomic E-state index is 0.0411. The van der Waals surface area contributed by atoms with Crippen molar-refractivity contribution in [1.82, 2.24) is 0 Å². The van der Waals surface area contributed by atoms with Gasteiger partial charge in [-0.2, -0.15) is 13.2 Å². The quantitative estimate of drug-likeness (QED) is 0.849. The standard InChI is InChI=1S/C14H19F3N2O2/c1-3-9(2)12(18)13(20)19-10-4-6-11(7-5-10)21-8-14(15,16)17/h4-7,9,12H,3,8,18H2,1-2H3,(H,19,20). The molecule has 0 aromatic heterocycles. The first-order valence-corrected chi connectivity index (χ1v) is 6.59. The number of carbonyl (C=O) groups excluding carboxylic acids is 1. The van der Waals surface area contributed by atoms with E-state index in [0.29, 0.717) is 5.69 Å². The maximum atomic E-state index is 12.0. The SMILES string of the molecule is CCC(C)C(N)C(=O)Nc1ccc(OCC(F)(F)F)cc1. The Hall–Kier alpha value is -1.76. The van der Waals surface area contributed by atoms with Crippen LogP contribution < -0.4 is 15.8 Å². The highest BCUT2D eigenvalue weighted by atomic mass is 19.4. The molecule has 0 saturated heterocycles. The summed E-state index contributed by atoms with van der Waals surface area (Å²) < 4.78 is 40.6. The van der Waals surface area contributed by atoms with Crippen molar-refractivity contribution in [1.29, 1.82) is 0 Å². The molecule has 1 aromatic rings. The molecule has 118 valence electrons.